The lowest BCUT2D eigenvalue weighted by Gasteiger charge is -2.28. The first-order chi connectivity index (χ1) is 14.1. The molecule has 1 aliphatic heterocycles. The van der Waals surface area contributed by atoms with Gasteiger partial charge in [-0.05, 0) is 31.2 Å². The second kappa shape index (κ2) is 7.28. The first-order valence-corrected chi connectivity index (χ1v) is 10.8. The molecule has 2 N–H and O–H groups in total. The highest BCUT2D eigenvalue weighted by molar-refractivity contribution is 7.18. The van der Waals surface area contributed by atoms with Crippen molar-refractivity contribution < 1.29 is 14.4 Å². The summed E-state index contributed by atoms with van der Waals surface area (Å²) in [5.74, 6) is 0.676. The van der Waals surface area contributed by atoms with E-state index in [-0.39, 0.29) is 11.4 Å². The largest absolute Gasteiger partial charge is 0.508 e. The van der Waals surface area contributed by atoms with Gasteiger partial charge in [-0.1, -0.05) is 12.1 Å². The number of rotatable bonds is 3. The van der Waals surface area contributed by atoms with Crippen molar-refractivity contribution in [1.82, 2.24) is 4.98 Å². The molecule has 2 aromatic heterocycles. The third kappa shape index (κ3) is 3.43. The van der Waals surface area contributed by atoms with E-state index in [9.17, 15) is 9.90 Å². The molecule has 0 amide bonds. The van der Waals surface area contributed by atoms with Gasteiger partial charge in [0.25, 0.3) is 0 Å². The zero-order chi connectivity index (χ0) is 20.0. The number of quaternary nitrogens is 1. The van der Waals surface area contributed by atoms with Crippen LogP contribution >= 0.6 is 11.3 Å². The Balaban J connectivity index is 1.34. The molecule has 148 valence electrons. The zero-order valence-corrected chi connectivity index (χ0v) is 17.1. The number of phenolic OH excluding ortho intramolecular Hbond substituents is 1. The molecular weight excluding hydrogens is 384 g/mol. The molecule has 0 unspecified atom stereocenters. The van der Waals surface area contributed by atoms with Crippen LogP contribution in [0.25, 0.3) is 21.2 Å². The first-order valence-electron chi connectivity index (χ1n) is 10.0. The van der Waals surface area contributed by atoms with Gasteiger partial charge in [0.15, 0.2) is 0 Å². The smallest absolute Gasteiger partial charge is 0.336 e. The Morgan fingerprint density at radius 1 is 1.21 bits per heavy atom. The fourth-order valence-corrected chi connectivity index (χ4v) is 5.48. The molecule has 0 bridgehead atoms. The average Bonchev–Trinajstić information content (AvgIpc) is 3.16. The van der Waals surface area contributed by atoms with Crippen molar-refractivity contribution in [3.63, 3.8) is 0 Å². The maximum absolute atomic E-state index is 12.1. The highest BCUT2D eigenvalue weighted by Crippen LogP contribution is 2.32. The number of piperidine rings is 1. The minimum Gasteiger partial charge on any atom is -0.508 e. The Bertz CT molecular complexity index is 1220. The summed E-state index contributed by atoms with van der Waals surface area (Å²) in [5, 5.41) is 12.1. The first kappa shape index (κ1) is 18.3. The third-order valence-electron chi connectivity index (χ3n) is 6.01. The lowest BCUT2D eigenvalue weighted by molar-refractivity contribution is -0.918. The van der Waals surface area contributed by atoms with E-state index in [1.807, 2.05) is 23.5 Å². The van der Waals surface area contributed by atoms with E-state index >= 15 is 0 Å². The minimum absolute atomic E-state index is 0.154. The summed E-state index contributed by atoms with van der Waals surface area (Å²) in [6, 6.07) is 13.5. The molecule has 1 fully saturated rings. The topological polar surface area (TPSA) is 67.8 Å². The van der Waals surface area contributed by atoms with Gasteiger partial charge in [0.1, 0.15) is 17.9 Å². The standard InChI is InChI=1S/C23H22N2O3S/c1-14-19(26)7-6-17-16(12-21(27)28-22(14)17)13-25-10-8-15(9-11-25)23-24-18-4-2-3-5-20(18)29-23/h2-7,12,15,26H,8-11,13H2,1H3/p+1. The third-order valence-corrected chi connectivity index (χ3v) is 7.21. The molecule has 1 saturated heterocycles. The zero-order valence-electron chi connectivity index (χ0n) is 16.3. The fraction of sp³-hybridized carbons (Fsp3) is 0.304. The maximum atomic E-state index is 12.1. The summed E-state index contributed by atoms with van der Waals surface area (Å²) < 4.78 is 6.64. The molecule has 0 atom stereocenters. The molecule has 5 nitrogen and oxygen atoms in total. The molecule has 6 heteroatoms. The van der Waals surface area contributed by atoms with Gasteiger partial charge >= 0.3 is 5.63 Å². The van der Waals surface area contributed by atoms with E-state index < -0.39 is 0 Å². The van der Waals surface area contributed by atoms with Crippen LogP contribution in [0.15, 0.2) is 51.7 Å². The lowest BCUT2D eigenvalue weighted by Crippen LogP contribution is -3.11. The number of hydrogen-bond acceptors (Lipinski definition) is 5. The molecule has 0 radical (unpaired) electrons. The molecule has 5 rings (SSSR count). The van der Waals surface area contributed by atoms with E-state index in [1.165, 1.54) is 14.6 Å². The molecule has 0 spiro atoms. The molecule has 0 saturated carbocycles. The normalized spacial score (nSPS) is 19.8. The predicted molar refractivity (Wildman–Crippen MR) is 115 cm³/mol. The van der Waals surface area contributed by atoms with Crippen molar-refractivity contribution >= 4 is 32.5 Å². The van der Waals surface area contributed by atoms with E-state index in [0.29, 0.717) is 17.1 Å². The number of hydrogen-bond donors (Lipinski definition) is 2. The minimum atomic E-state index is -0.357. The van der Waals surface area contributed by atoms with Crippen molar-refractivity contribution in [2.45, 2.75) is 32.2 Å². The number of benzene rings is 2. The summed E-state index contributed by atoms with van der Waals surface area (Å²) in [6.45, 7) is 4.68. The number of aryl methyl sites for hydroxylation is 1. The van der Waals surface area contributed by atoms with Crippen molar-refractivity contribution in [1.29, 1.82) is 0 Å². The Hall–Kier alpha value is -2.70. The Morgan fingerprint density at radius 2 is 2.00 bits per heavy atom. The van der Waals surface area contributed by atoms with Crippen molar-refractivity contribution in [2.75, 3.05) is 13.1 Å². The van der Waals surface area contributed by atoms with E-state index in [1.54, 1.807) is 19.1 Å². The SMILES string of the molecule is Cc1c(O)ccc2c(C[NH+]3CCC(c4nc5ccccc5s4)CC3)cc(=O)oc12. The molecule has 4 aromatic rings. The monoisotopic (exact) mass is 407 g/mol. The number of fused-ring (bicyclic) bond motifs is 2. The number of likely N-dealkylation sites (tertiary alicyclic amines) is 1. The lowest BCUT2D eigenvalue weighted by atomic mass is 9.96. The van der Waals surface area contributed by atoms with Crippen LogP contribution in [0.4, 0.5) is 0 Å². The predicted octanol–water partition coefficient (Wildman–Crippen LogP) is 3.38. The fourth-order valence-electron chi connectivity index (χ4n) is 4.35. The van der Waals surface area contributed by atoms with E-state index in [2.05, 4.69) is 18.2 Å². The van der Waals surface area contributed by atoms with Gasteiger partial charge in [0, 0.05) is 41.3 Å². The summed E-state index contributed by atoms with van der Waals surface area (Å²) in [6.07, 6.45) is 2.21. The van der Waals surface area contributed by atoms with Crippen LogP contribution in [0, 0.1) is 6.92 Å². The van der Waals surface area contributed by atoms with E-state index in [4.69, 9.17) is 9.40 Å². The number of thiazole rings is 1. The van der Waals surface area contributed by atoms with Gasteiger partial charge in [-0.25, -0.2) is 9.78 Å². The Labute approximate surface area is 172 Å². The summed E-state index contributed by atoms with van der Waals surface area (Å²) >= 11 is 1.82. The van der Waals surface area contributed by atoms with Gasteiger partial charge < -0.3 is 14.4 Å². The van der Waals surface area contributed by atoms with Crippen LogP contribution < -0.4 is 10.5 Å². The molecule has 1 aliphatic rings. The van der Waals surface area contributed by atoms with Crippen molar-refractivity contribution in [2.24, 2.45) is 0 Å². The van der Waals surface area contributed by atoms with Crippen LogP contribution in [-0.2, 0) is 6.54 Å². The van der Waals surface area contributed by atoms with Crippen LogP contribution in [0.3, 0.4) is 0 Å². The number of nitrogens with zero attached hydrogens (tertiary/aromatic N) is 1. The van der Waals surface area contributed by atoms with Crippen molar-refractivity contribution in [3.05, 3.63) is 69.0 Å². The van der Waals surface area contributed by atoms with Crippen LogP contribution in [0.5, 0.6) is 5.75 Å². The highest BCUT2D eigenvalue weighted by Gasteiger charge is 2.26. The Morgan fingerprint density at radius 3 is 2.79 bits per heavy atom. The van der Waals surface area contributed by atoms with Gasteiger partial charge in [-0.2, -0.15) is 0 Å². The molecule has 29 heavy (non-hydrogen) atoms. The molecule has 2 aromatic carbocycles. The molecule has 3 heterocycles. The van der Waals surface area contributed by atoms with Gasteiger partial charge in [-0.3, -0.25) is 0 Å². The summed E-state index contributed by atoms with van der Waals surface area (Å²) in [4.78, 5) is 18.4. The quantitative estimate of drug-likeness (QED) is 0.511. The molecular formula is C23H23N2O3S+. The van der Waals surface area contributed by atoms with E-state index in [0.717, 1.165) is 48.9 Å². The summed E-state index contributed by atoms with van der Waals surface area (Å²) in [7, 11) is 0. The maximum Gasteiger partial charge on any atom is 0.336 e. The second-order valence-electron chi connectivity index (χ2n) is 7.90. The van der Waals surface area contributed by atoms with Gasteiger partial charge in [-0.15, -0.1) is 11.3 Å². The Kier molecular flexibility index (Phi) is 4.60. The number of aromatic hydroxyl groups is 1. The van der Waals surface area contributed by atoms with Gasteiger partial charge in [0.05, 0.1) is 28.3 Å². The average molecular weight is 408 g/mol. The highest BCUT2D eigenvalue weighted by atomic mass is 32.1. The molecule has 0 aliphatic carbocycles. The van der Waals surface area contributed by atoms with Gasteiger partial charge in [0.2, 0.25) is 0 Å². The van der Waals surface area contributed by atoms with Crippen LogP contribution in [0.1, 0.15) is 34.9 Å². The number of nitrogens with one attached hydrogen (secondary N) is 1. The van der Waals surface area contributed by atoms with Crippen LogP contribution in [-0.4, -0.2) is 23.2 Å². The van der Waals surface area contributed by atoms with Crippen LogP contribution in [0.2, 0.25) is 0 Å². The second-order valence-corrected chi connectivity index (χ2v) is 8.96. The number of phenols is 1. The summed E-state index contributed by atoms with van der Waals surface area (Å²) in [5.41, 5.74) is 2.85. The van der Waals surface area contributed by atoms with Crippen molar-refractivity contribution in [3.8, 4) is 5.75 Å². The number of aromatic nitrogens is 1. The number of para-hydroxylation sites is 1.